The molecule has 1 aromatic carbocycles. The van der Waals surface area contributed by atoms with Gasteiger partial charge in [0.15, 0.2) is 11.2 Å². The lowest BCUT2D eigenvalue weighted by atomic mass is 10.1. The van der Waals surface area contributed by atoms with Crippen molar-refractivity contribution in [3.05, 3.63) is 63.1 Å². The summed E-state index contributed by atoms with van der Waals surface area (Å²) in [4.78, 5) is 43.8. The van der Waals surface area contributed by atoms with E-state index >= 15 is 0 Å². The zero-order valence-electron chi connectivity index (χ0n) is 18.8. The van der Waals surface area contributed by atoms with Crippen LogP contribution in [-0.2, 0) is 24.4 Å². The second-order valence-corrected chi connectivity index (χ2v) is 9.09. The molecule has 170 valence electrons. The highest BCUT2D eigenvalue weighted by molar-refractivity contribution is 5.77. The first-order chi connectivity index (χ1) is 15.4. The van der Waals surface area contributed by atoms with Gasteiger partial charge in [0.1, 0.15) is 6.54 Å². The van der Waals surface area contributed by atoms with E-state index in [0.717, 1.165) is 42.2 Å². The second-order valence-electron chi connectivity index (χ2n) is 9.09. The summed E-state index contributed by atoms with van der Waals surface area (Å²) in [6, 6.07) is 9.71. The summed E-state index contributed by atoms with van der Waals surface area (Å²) in [6.07, 6.45) is 6.58. The molecular formula is C24H31N5O3. The summed E-state index contributed by atoms with van der Waals surface area (Å²) in [5.74, 6) is 0.164. The Kier molecular flexibility index (Phi) is 6.58. The summed E-state index contributed by atoms with van der Waals surface area (Å²) in [6.45, 7) is 4.86. The summed E-state index contributed by atoms with van der Waals surface area (Å²) in [5.41, 5.74) is 0.683. The molecule has 1 fully saturated rings. The molecule has 0 saturated heterocycles. The van der Waals surface area contributed by atoms with Gasteiger partial charge in [-0.2, -0.15) is 0 Å². The fourth-order valence-corrected chi connectivity index (χ4v) is 4.34. The maximum absolute atomic E-state index is 13.4. The lowest BCUT2D eigenvalue weighted by molar-refractivity contribution is -0.122. The molecule has 8 nitrogen and oxygen atoms in total. The molecule has 1 aliphatic carbocycles. The molecule has 2 heterocycles. The molecule has 0 bridgehead atoms. The zero-order valence-corrected chi connectivity index (χ0v) is 18.8. The summed E-state index contributed by atoms with van der Waals surface area (Å²) in [7, 11) is 0. The topological polar surface area (TPSA) is 90.9 Å². The average Bonchev–Trinajstić information content (AvgIpc) is 3.43. The quantitative estimate of drug-likeness (QED) is 0.586. The molecule has 4 rings (SSSR count). The van der Waals surface area contributed by atoms with Crippen LogP contribution in [0.25, 0.3) is 11.2 Å². The Hall–Kier alpha value is -3.16. The number of carbonyl (C=O) groups excluding carboxylic acids is 1. The maximum Gasteiger partial charge on any atom is 0.333 e. The predicted octanol–water partition coefficient (Wildman–Crippen LogP) is 2.51. The molecule has 3 aromatic rings. The Morgan fingerprint density at radius 2 is 1.84 bits per heavy atom. The fraction of sp³-hybridized carbons (Fsp3) is 0.500. The van der Waals surface area contributed by atoms with E-state index in [9.17, 15) is 14.4 Å². The third kappa shape index (κ3) is 4.69. The van der Waals surface area contributed by atoms with Crippen molar-refractivity contribution in [3.63, 3.8) is 0 Å². The Labute approximate surface area is 186 Å². The number of benzene rings is 1. The van der Waals surface area contributed by atoms with Gasteiger partial charge in [0.2, 0.25) is 5.91 Å². The van der Waals surface area contributed by atoms with Gasteiger partial charge in [0, 0.05) is 12.6 Å². The minimum atomic E-state index is -0.512. The average molecular weight is 438 g/mol. The van der Waals surface area contributed by atoms with E-state index in [1.54, 1.807) is 6.33 Å². The monoisotopic (exact) mass is 437 g/mol. The molecule has 0 spiro atoms. The number of nitrogens with one attached hydrogen (secondary N) is 1. The third-order valence-electron chi connectivity index (χ3n) is 6.14. The summed E-state index contributed by atoms with van der Waals surface area (Å²) in [5, 5.41) is 2.98. The van der Waals surface area contributed by atoms with Gasteiger partial charge >= 0.3 is 5.69 Å². The van der Waals surface area contributed by atoms with Crippen LogP contribution >= 0.6 is 0 Å². The van der Waals surface area contributed by atoms with Crippen molar-refractivity contribution >= 4 is 17.1 Å². The number of aromatic nitrogens is 4. The normalized spacial score (nSPS) is 14.5. The largest absolute Gasteiger partial charge is 0.352 e. The van der Waals surface area contributed by atoms with Crippen molar-refractivity contribution in [3.8, 4) is 0 Å². The minimum absolute atomic E-state index is 0.130. The number of aryl methyl sites for hydroxylation is 1. The van der Waals surface area contributed by atoms with Gasteiger partial charge in [-0.3, -0.25) is 14.2 Å². The Balaban J connectivity index is 1.76. The van der Waals surface area contributed by atoms with E-state index < -0.39 is 11.2 Å². The molecule has 32 heavy (non-hydrogen) atoms. The standard InChI is InChI=1S/C24H31N5O3/c1-17(2)12-13-27-16-25-22-21(27)23(31)29(15-20(30)26-19-10-6-7-11-19)24(32)28(22)14-18-8-4-3-5-9-18/h3-5,8-9,16-17,19H,6-7,10-15H2,1-2H3,(H,26,30). The molecule has 0 unspecified atom stereocenters. The number of fused-ring (bicyclic) bond motifs is 1. The van der Waals surface area contributed by atoms with Crippen molar-refractivity contribution in [1.82, 2.24) is 24.0 Å². The molecule has 1 N–H and O–H groups in total. The van der Waals surface area contributed by atoms with Gasteiger partial charge in [-0.25, -0.2) is 14.3 Å². The number of hydrogen-bond acceptors (Lipinski definition) is 4. The molecule has 8 heteroatoms. The van der Waals surface area contributed by atoms with Crippen LogP contribution in [0.1, 0.15) is 51.5 Å². The highest BCUT2D eigenvalue weighted by Crippen LogP contribution is 2.17. The Bertz CT molecular complexity index is 1200. The number of rotatable bonds is 8. The maximum atomic E-state index is 13.4. The molecule has 1 saturated carbocycles. The van der Waals surface area contributed by atoms with E-state index in [2.05, 4.69) is 24.1 Å². The van der Waals surface area contributed by atoms with Crippen LogP contribution in [0.2, 0.25) is 0 Å². The zero-order chi connectivity index (χ0) is 22.7. The van der Waals surface area contributed by atoms with E-state index in [1.807, 2.05) is 34.9 Å². The number of hydrogen-bond donors (Lipinski definition) is 1. The van der Waals surface area contributed by atoms with Gasteiger partial charge in [-0.15, -0.1) is 0 Å². The van der Waals surface area contributed by atoms with Gasteiger partial charge in [-0.1, -0.05) is 57.0 Å². The van der Waals surface area contributed by atoms with Crippen molar-refractivity contribution in [1.29, 1.82) is 0 Å². The lowest BCUT2D eigenvalue weighted by Crippen LogP contribution is -2.45. The van der Waals surface area contributed by atoms with Crippen LogP contribution in [0.4, 0.5) is 0 Å². The van der Waals surface area contributed by atoms with Crippen LogP contribution in [0, 0.1) is 5.92 Å². The van der Waals surface area contributed by atoms with Crippen molar-refractivity contribution in [2.45, 2.75) is 71.6 Å². The van der Waals surface area contributed by atoms with Crippen LogP contribution in [0.15, 0.2) is 46.2 Å². The number of imidazole rings is 1. The van der Waals surface area contributed by atoms with Gasteiger partial charge < -0.3 is 9.88 Å². The molecule has 0 aliphatic heterocycles. The first-order valence-electron chi connectivity index (χ1n) is 11.5. The van der Waals surface area contributed by atoms with Crippen molar-refractivity contribution in [2.24, 2.45) is 5.92 Å². The first kappa shape index (κ1) is 22.0. The van der Waals surface area contributed by atoms with E-state index in [4.69, 9.17) is 0 Å². The molecule has 2 aromatic heterocycles. The highest BCUT2D eigenvalue weighted by Gasteiger charge is 2.22. The van der Waals surface area contributed by atoms with Crippen molar-refractivity contribution in [2.75, 3.05) is 0 Å². The molecule has 0 atom stereocenters. The molecular weight excluding hydrogens is 406 g/mol. The van der Waals surface area contributed by atoms with Gasteiger partial charge in [0.05, 0.1) is 12.9 Å². The molecule has 1 aliphatic rings. The summed E-state index contributed by atoms with van der Waals surface area (Å²) >= 11 is 0. The fourth-order valence-electron chi connectivity index (χ4n) is 4.34. The smallest absolute Gasteiger partial charge is 0.333 e. The van der Waals surface area contributed by atoms with Crippen LogP contribution < -0.4 is 16.6 Å². The highest BCUT2D eigenvalue weighted by atomic mass is 16.2. The molecule has 1 amide bonds. The number of nitrogens with zero attached hydrogens (tertiary/aromatic N) is 4. The lowest BCUT2D eigenvalue weighted by Gasteiger charge is -2.15. The van der Waals surface area contributed by atoms with Gasteiger partial charge in [-0.05, 0) is 30.7 Å². The Morgan fingerprint density at radius 3 is 2.53 bits per heavy atom. The van der Waals surface area contributed by atoms with E-state index in [1.165, 1.54) is 4.57 Å². The van der Waals surface area contributed by atoms with E-state index in [-0.39, 0.29) is 25.0 Å². The summed E-state index contributed by atoms with van der Waals surface area (Å²) < 4.78 is 4.37. The minimum Gasteiger partial charge on any atom is -0.352 e. The first-order valence-corrected chi connectivity index (χ1v) is 11.5. The third-order valence-corrected chi connectivity index (χ3v) is 6.14. The van der Waals surface area contributed by atoms with Crippen LogP contribution in [0.5, 0.6) is 0 Å². The molecule has 0 radical (unpaired) electrons. The Morgan fingerprint density at radius 1 is 1.12 bits per heavy atom. The second kappa shape index (κ2) is 9.54. The number of amides is 1. The SMILES string of the molecule is CC(C)CCn1cnc2c1c(=O)n(CC(=O)NC1CCCC1)c(=O)n2Cc1ccccc1. The van der Waals surface area contributed by atoms with Crippen molar-refractivity contribution < 1.29 is 4.79 Å². The van der Waals surface area contributed by atoms with E-state index in [0.29, 0.717) is 23.6 Å². The predicted molar refractivity (Wildman–Crippen MR) is 124 cm³/mol. The van der Waals surface area contributed by atoms with Crippen LogP contribution in [-0.4, -0.2) is 30.6 Å². The van der Waals surface area contributed by atoms with Crippen LogP contribution in [0.3, 0.4) is 0 Å². The number of carbonyl (C=O) groups is 1. The van der Waals surface area contributed by atoms with Gasteiger partial charge in [0.25, 0.3) is 5.56 Å².